The highest BCUT2D eigenvalue weighted by Crippen LogP contribution is 2.46. The molecule has 1 aliphatic carbocycles. The van der Waals surface area contributed by atoms with E-state index in [4.69, 9.17) is 0 Å². The maximum absolute atomic E-state index is 12.3. The Morgan fingerprint density at radius 1 is 1.05 bits per heavy atom. The van der Waals surface area contributed by atoms with Gasteiger partial charge < -0.3 is 0 Å². The molecule has 19 heavy (non-hydrogen) atoms. The van der Waals surface area contributed by atoms with E-state index in [1.807, 2.05) is 18.2 Å². The molecule has 1 aliphatic heterocycles. The summed E-state index contributed by atoms with van der Waals surface area (Å²) in [6.07, 6.45) is 1.67. The van der Waals surface area contributed by atoms with Gasteiger partial charge in [-0.1, -0.05) is 38.1 Å². The zero-order valence-corrected chi connectivity index (χ0v) is 12.0. The first-order valence-corrected chi connectivity index (χ1v) is 7.52. The van der Waals surface area contributed by atoms with Crippen molar-refractivity contribution in [1.82, 2.24) is 0 Å². The Hall–Kier alpha value is -1.35. The Kier molecular flexibility index (Phi) is 2.90. The van der Waals surface area contributed by atoms with Crippen molar-refractivity contribution in [2.75, 3.05) is 5.75 Å². The van der Waals surface area contributed by atoms with Gasteiger partial charge in [0.15, 0.2) is 0 Å². The Morgan fingerprint density at radius 2 is 1.74 bits per heavy atom. The fourth-order valence-electron chi connectivity index (χ4n) is 2.60. The summed E-state index contributed by atoms with van der Waals surface area (Å²) in [5.41, 5.74) is 2.46. The van der Waals surface area contributed by atoms with E-state index in [2.05, 4.69) is 13.8 Å². The minimum Gasteiger partial charge on any atom is -0.285 e. The van der Waals surface area contributed by atoms with Crippen molar-refractivity contribution in [2.24, 2.45) is 5.41 Å². The Balaban J connectivity index is 2.15. The predicted molar refractivity (Wildman–Crippen MR) is 78.2 cm³/mol. The number of ketones is 2. The number of benzene rings is 1. The maximum atomic E-state index is 12.3. The fourth-order valence-corrected chi connectivity index (χ4v) is 3.98. The van der Waals surface area contributed by atoms with E-state index >= 15 is 0 Å². The van der Waals surface area contributed by atoms with Gasteiger partial charge in [0.25, 0.3) is 0 Å². The average Bonchev–Trinajstić information content (AvgIpc) is 2.55. The zero-order valence-electron chi connectivity index (χ0n) is 11.2. The van der Waals surface area contributed by atoms with Gasteiger partial charge in [-0.3, -0.25) is 9.59 Å². The molecular formula is C16H16O2S. The van der Waals surface area contributed by atoms with Crippen LogP contribution in [0.3, 0.4) is 0 Å². The lowest BCUT2D eigenvalue weighted by molar-refractivity contribution is -0.112. The van der Waals surface area contributed by atoms with E-state index in [1.165, 1.54) is 0 Å². The number of allylic oxidation sites excluding steroid dienone is 1. The van der Waals surface area contributed by atoms with Crippen LogP contribution in [0, 0.1) is 5.41 Å². The Labute approximate surface area is 117 Å². The van der Waals surface area contributed by atoms with Crippen molar-refractivity contribution >= 4 is 28.2 Å². The molecule has 0 amide bonds. The molecule has 3 heteroatoms. The summed E-state index contributed by atoms with van der Waals surface area (Å²) < 4.78 is 0. The van der Waals surface area contributed by atoms with Gasteiger partial charge in [-0.15, -0.1) is 11.8 Å². The van der Waals surface area contributed by atoms with Crippen LogP contribution in [0.4, 0.5) is 0 Å². The summed E-state index contributed by atoms with van der Waals surface area (Å²) in [5, 5.41) is 0. The largest absolute Gasteiger partial charge is 0.285 e. The third kappa shape index (κ3) is 2.06. The fraction of sp³-hybridized carbons (Fsp3) is 0.375. The number of hydrogen-bond donors (Lipinski definition) is 0. The third-order valence-corrected chi connectivity index (χ3v) is 5.51. The minimum atomic E-state index is -0.338. The molecule has 1 heterocycles. The topological polar surface area (TPSA) is 34.1 Å². The second-order valence-electron chi connectivity index (χ2n) is 5.96. The monoisotopic (exact) mass is 272 g/mol. The normalized spacial score (nSPS) is 21.8. The van der Waals surface area contributed by atoms with E-state index in [1.54, 1.807) is 17.8 Å². The molecule has 0 N–H and O–H groups in total. The van der Waals surface area contributed by atoms with E-state index in [0.29, 0.717) is 12.0 Å². The lowest BCUT2D eigenvalue weighted by atomic mass is 9.83. The van der Waals surface area contributed by atoms with E-state index in [0.717, 1.165) is 28.2 Å². The van der Waals surface area contributed by atoms with E-state index in [9.17, 15) is 9.59 Å². The van der Waals surface area contributed by atoms with Crippen molar-refractivity contribution in [2.45, 2.75) is 26.7 Å². The molecule has 0 bridgehead atoms. The molecule has 1 aromatic carbocycles. The number of carbonyl (C=O) groups excluding carboxylic acids is 2. The van der Waals surface area contributed by atoms with E-state index < -0.39 is 0 Å². The smallest absolute Gasteiger partial charge is 0.233 e. The molecule has 3 rings (SSSR count). The maximum Gasteiger partial charge on any atom is 0.233 e. The summed E-state index contributed by atoms with van der Waals surface area (Å²) in [5.74, 6) is 0.357. The summed E-state index contributed by atoms with van der Waals surface area (Å²) in [6, 6.07) is 7.47. The Bertz CT molecular complexity index is 611. The zero-order chi connectivity index (χ0) is 13.6. The molecule has 2 aliphatic rings. The van der Waals surface area contributed by atoms with Crippen molar-refractivity contribution in [3.8, 4) is 0 Å². The summed E-state index contributed by atoms with van der Waals surface area (Å²) in [6.45, 7) is 4.44. The highest BCUT2D eigenvalue weighted by molar-refractivity contribution is 8.08. The van der Waals surface area contributed by atoms with Crippen molar-refractivity contribution in [3.63, 3.8) is 0 Å². The van der Waals surface area contributed by atoms with Crippen LogP contribution in [0.1, 0.15) is 42.6 Å². The molecule has 0 aromatic heterocycles. The van der Waals surface area contributed by atoms with Crippen molar-refractivity contribution < 1.29 is 9.59 Å². The van der Waals surface area contributed by atoms with E-state index in [-0.39, 0.29) is 17.0 Å². The Morgan fingerprint density at radius 3 is 2.47 bits per heavy atom. The molecule has 0 unspecified atom stereocenters. The van der Waals surface area contributed by atoms with Crippen LogP contribution in [-0.4, -0.2) is 17.3 Å². The second-order valence-corrected chi connectivity index (χ2v) is 6.95. The SMILES string of the molecule is CC1(C)CCC2=C(SC1)c1ccccc1C(=O)C2=O. The summed E-state index contributed by atoms with van der Waals surface area (Å²) >= 11 is 1.73. The predicted octanol–water partition coefficient (Wildman–Crippen LogP) is 3.72. The minimum absolute atomic E-state index is 0.209. The lowest BCUT2D eigenvalue weighted by Gasteiger charge is -2.21. The van der Waals surface area contributed by atoms with Crippen molar-refractivity contribution in [1.29, 1.82) is 0 Å². The van der Waals surface area contributed by atoms with Gasteiger partial charge in [-0.2, -0.15) is 0 Å². The molecule has 0 spiro atoms. The van der Waals surface area contributed by atoms with Gasteiger partial charge in [0.05, 0.1) is 0 Å². The van der Waals surface area contributed by atoms with Gasteiger partial charge in [0, 0.05) is 21.8 Å². The highest BCUT2D eigenvalue weighted by atomic mass is 32.2. The molecule has 1 aromatic rings. The number of thioether (sulfide) groups is 1. The first kappa shape index (κ1) is 12.7. The average molecular weight is 272 g/mol. The first-order valence-electron chi connectivity index (χ1n) is 6.54. The molecular weight excluding hydrogens is 256 g/mol. The summed E-state index contributed by atoms with van der Waals surface area (Å²) in [7, 11) is 0. The third-order valence-electron chi connectivity index (χ3n) is 3.83. The first-order chi connectivity index (χ1) is 8.99. The molecule has 0 radical (unpaired) electrons. The van der Waals surface area contributed by atoms with Gasteiger partial charge in [-0.05, 0) is 23.8 Å². The molecule has 2 nitrogen and oxygen atoms in total. The summed E-state index contributed by atoms with van der Waals surface area (Å²) in [4.78, 5) is 25.5. The van der Waals surface area contributed by atoms with Gasteiger partial charge in [-0.25, -0.2) is 0 Å². The van der Waals surface area contributed by atoms with Crippen LogP contribution in [0.25, 0.3) is 4.91 Å². The van der Waals surface area contributed by atoms with Gasteiger partial charge >= 0.3 is 0 Å². The van der Waals surface area contributed by atoms with Crippen LogP contribution < -0.4 is 0 Å². The van der Waals surface area contributed by atoms with Crippen LogP contribution in [0.5, 0.6) is 0 Å². The van der Waals surface area contributed by atoms with Crippen LogP contribution in [-0.2, 0) is 4.79 Å². The van der Waals surface area contributed by atoms with Gasteiger partial charge in [0.1, 0.15) is 0 Å². The quantitative estimate of drug-likeness (QED) is 0.675. The standard InChI is InChI=1S/C16H16O2S/c1-16(2)8-7-12-14(18)13(17)10-5-3-4-6-11(10)15(12)19-9-16/h3-6H,7-9H2,1-2H3. The molecule has 0 saturated carbocycles. The number of hydrogen-bond acceptors (Lipinski definition) is 3. The van der Waals surface area contributed by atoms with Crippen molar-refractivity contribution in [3.05, 3.63) is 41.0 Å². The lowest BCUT2D eigenvalue weighted by Crippen LogP contribution is -2.23. The molecule has 0 atom stereocenters. The number of fused-ring (bicyclic) bond motifs is 2. The van der Waals surface area contributed by atoms with Crippen LogP contribution >= 0.6 is 11.8 Å². The number of rotatable bonds is 0. The highest BCUT2D eigenvalue weighted by Gasteiger charge is 2.36. The van der Waals surface area contributed by atoms with Crippen LogP contribution in [0.2, 0.25) is 0 Å². The molecule has 0 saturated heterocycles. The van der Waals surface area contributed by atoms with Crippen LogP contribution in [0.15, 0.2) is 29.8 Å². The number of carbonyl (C=O) groups is 2. The number of Topliss-reactive ketones (excluding diaryl/α,β-unsaturated/α-hetero) is 2. The van der Waals surface area contributed by atoms with Gasteiger partial charge in [0.2, 0.25) is 11.6 Å². The molecule has 98 valence electrons. The second kappa shape index (κ2) is 4.34. The molecule has 0 fully saturated rings.